The highest BCUT2D eigenvalue weighted by atomic mass is 32.2. The topological polar surface area (TPSA) is 79.5 Å². The van der Waals surface area contributed by atoms with Gasteiger partial charge in [0.25, 0.3) is 5.91 Å². The molecule has 110 valence electrons. The molecule has 1 aromatic heterocycles. The lowest BCUT2D eigenvalue weighted by molar-refractivity contribution is -0.143. The summed E-state index contributed by atoms with van der Waals surface area (Å²) in [4.78, 5) is 23.9. The van der Waals surface area contributed by atoms with Crippen LogP contribution in [0, 0.1) is 6.92 Å². The Balaban J connectivity index is 1.94. The van der Waals surface area contributed by atoms with Gasteiger partial charge in [-0.1, -0.05) is 18.2 Å². The zero-order chi connectivity index (χ0) is 15.0. The fourth-order valence-corrected chi connectivity index (χ4v) is 3.88. The first-order chi connectivity index (χ1) is 10.0. The first-order valence-corrected chi connectivity index (χ1v) is 7.81. The molecule has 0 radical (unpaired) electrons. The van der Waals surface area contributed by atoms with Crippen molar-refractivity contribution in [2.45, 2.75) is 18.9 Å². The number of carbonyl (C=O) groups is 2. The van der Waals surface area contributed by atoms with Gasteiger partial charge in [0, 0.05) is 16.7 Å². The minimum absolute atomic E-state index is 0.189. The van der Waals surface area contributed by atoms with E-state index >= 15 is 0 Å². The molecule has 1 saturated heterocycles. The average molecular weight is 305 g/mol. The molecule has 1 atom stereocenters. The number of aliphatic carboxylic acids is 1. The zero-order valence-corrected chi connectivity index (χ0v) is 12.3. The summed E-state index contributed by atoms with van der Waals surface area (Å²) < 4.78 is 5.58. The molecule has 0 spiro atoms. The van der Waals surface area contributed by atoms with Crippen LogP contribution in [0.15, 0.2) is 28.7 Å². The predicted molar refractivity (Wildman–Crippen MR) is 80.7 cm³/mol. The normalized spacial score (nSPS) is 21.6. The van der Waals surface area contributed by atoms with E-state index in [4.69, 9.17) is 4.42 Å². The van der Waals surface area contributed by atoms with Crippen LogP contribution in [-0.4, -0.2) is 34.0 Å². The molecule has 1 aliphatic heterocycles. The molecular weight excluding hydrogens is 290 g/mol. The van der Waals surface area contributed by atoms with E-state index in [9.17, 15) is 14.7 Å². The van der Waals surface area contributed by atoms with E-state index in [1.165, 1.54) is 11.8 Å². The number of hydrogen-bond acceptors (Lipinski definition) is 4. The smallest absolute Gasteiger partial charge is 0.330 e. The van der Waals surface area contributed by atoms with Crippen molar-refractivity contribution < 1.29 is 19.1 Å². The number of thioether (sulfide) groups is 1. The Kier molecular flexibility index (Phi) is 3.41. The lowest BCUT2D eigenvalue weighted by atomic mass is 9.99. The number of hydrogen-bond donors (Lipinski definition) is 2. The average Bonchev–Trinajstić information content (AvgIpc) is 3.05. The first-order valence-electron chi connectivity index (χ1n) is 6.65. The van der Waals surface area contributed by atoms with E-state index in [-0.39, 0.29) is 5.76 Å². The zero-order valence-electron chi connectivity index (χ0n) is 11.5. The van der Waals surface area contributed by atoms with Gasteiger partial charge in [-0.25, -0.2) is 4.79 Å². The summed E-state index contributed by atoms with van der Waals surface area (Å²) in [5, 5.41) is 12.9. The molecule has 0 aliphatic carbocycles. The molecule has 3 rings (SSSR count). The molecule has 2 aromatic rings. The molecule has 1 unspecified atom stereocenters. The van der Waals surface area contributed by atoms with Gasteiger partial charge >= 0.3 is 5.97 Å². The van der Waals surface area contributed by atoms with E-state index in [0.717, 1.165) is 16.7 Å². The molecule has 2 heterocycles. The van der Waals surface area contributed by atoms with E-state index in [2.05, 4.69) is 5.32 Å². The Morgan fingerprint density at radius 1 is 1.38 bits per heavy atom. The number of benzene rings is 1. The van der Waals surface area contributed by atoms with Crippen molar-refractivity contribution in [2.24, 2.45) is 0 Å². The number of carboxylic acid groups (broad SMARTS) is 1. The minimum atomic E-state index is -1.19. The molecule has 1 aliphatic rings. The minimum Gasteiger partial charge on any atom is -0.479 e. The number of amides is 1. The van der Waals surface area contributed by atoms with E-state index in [1.807, 2.05) is 18.2 Å². The fourth-order valence-electron chi connectivity index (χ4n) is 2.55. The molecule has 1 fully saturated rings. The SMILES string of the molecule is Cc1c(C(=O)NC2(C(=O)O)CCSC2)oc2ccccc12. The number of carbonyl (C=O) groups excluding carboxylic acids is 1. The Labute approximate surface area is 125 Å². The van der Waals surface area contributed by atoms with Crippen molar-refractivity contribution in [2.75, 3.05) is 11.5 Å². The summed E-state index contributed by atoms with van der Waals surface area (Å²) >= 11 is 1.53. The Hall–Kier alpha value is -1.95. The number of aryl methyl sites for hydroxylation is 1. The van der Waals surface area contributed by atoms with Crippen LogP contribution >= 0.6 is 11.8 Å². The number of fused-ring (bicyclic) bond motifs is 1. The lowest BCUT2D eigenvalue weighted by Crippen LogP contribution is -2.54. The van der Waals surface area contributed by atoms with Crippen molar-refractivity contribution in [3.8, 4) is 0 Å². The highest BCUT2D eigenvalue weighted by molar-refractivity contribution is 7.99. The summed E-state index contributed by atoms with van der Waals surface area (Å²) in [7, 11) is 0. The highest BCUT2D eigenvalue weighted by Crippen LogP contribution is 2.30. The van der Waals surface area contributed by atoms with Crippen LogP contribution in [0.25, 0.3) is 11.0 Å². The summed E-state index contributed by atoms with van der Waals surface area (Å²) in [6, 6.07) is 7.37. The van der Waals surface area contributed by atoms with Gasteiger partial charge in [-0.15, -0.1) is 0 Å². The van der Waals surface area contributed by atoms with Crippen molar-refractivity contribution >= 4 is 34.6 Å². The summed E-state index contributed by atoms with van der Waals surface area (Å²) in [5.74, 6) is -0.157. The Morgan fingerprint density at radius 2 is 2.14 bits per heavy atom. The van der Waals surface area contributed by atoms with Crippen LogP contribution < -0.4 is 5.32 Å². The Bertz CT molecular complexity index is 716. The number of furan rings is 1. The van der Waals surface area contributed by atoms with Gasteiger partial charge in [-0.3, -0.25) is 4.79 Å². The van der Waals surface area contributed by atoms with Crippen molar-refractivity contribution in [1.29, 1.82) is 0 Å². The van der Waals surface area contributed by atoms with Gasteiger partial charge in [0.15, 0.2) is 5.76 Å². The molecule has 1 aromatic carbocycles. The van der Waals surface area contributed by atoms with E-state index < -0.39 is 17.4 Å². The van der Waals surface area contributed by atoms with Crippen molar-refractivity contribution in [1.82, 2.24) is 5.32 Å². The molecular formula is C15H15NO4S. The van der Waals surface area contributed by atoms with Gasteiger partial charge in [-0.2, -0.15) is 11.8 Å². The van der Waals surface area contributed by atoms with Gasteiger partial charge in [0.1, 0.15) is 11.1 Å². The lowest BCUT2D eigenvalue weighted by Gasteiger charge is -2.24. The van der Waals surface area contributed by atoms with Gasteiger partial charge in [0.2, 0.25) is 0 Å². The fraction of sp³-hybridized carbons (Fsp3) is 0.333. The number of carboxylic acids is 1. The van der Waals surface area contributed by atoms with Crippen LogP contribution in [0.3, 0.4) is 0 Å². The largest absolute Gasteiger partial charge is 0.479 e. The van der Waals surface area contributed by atoms with Crippen molar-refractivity contribution in [3.63, 3.8) is 0 Å². The Morgan fingerprint density at radius 3 is 2.76 bits per heavy atom. The first kappa shape index (κ1) is 14.0. The maximum Gasteiger partial charge on any atom is 0.330 e. The van der Waals surface area contributed by atoms with Gasteiger partial charge < -0.3 is 14.8 Å². The quantitative estimate of drug-likeness (QED) is 0.910. The van der Waals surface area contributed by atoms with Crippen molar-refractivity contribution in [3.05, 3.63) is 35.6 Å². The second-order valence-electron chi connectivity index (χ2n) is 5.20. The van der Waals surface area contributed by atoms with E-state index in [0.29, 0.717) is 17.8 Å². The summed E-state index contributed by atoms with van der Waals surface area (Å²) in [6.45, 7) is 1.80. The monoisotopic (exact) mass is 305 g/mol. The maximum atomic E-state index is 12.4. The third-order valence-corrected chi connectivity index (χ3v) is 5.02. The third-order valence-electron chi connectivity index (χ3n) is 3.83. The summed E-state index contributed by atoms with van der Waals surface area (Å²) in [6.07, 6.45) is 0.429. The van der Waals surface area contributed by atoms with Crippen LogP contribution in [0.1, 0.15) is 22.5 Å². The van der Waals surface area contributed by atoms with Gasteiger partial charge in [0.05, 0.1) is 0 Å². The molecule has 21 heavy (non-hydrogen) atoms. The predicted octanol–water partition coefficient (Wildman–Crippen LogP) is 2.43. The highest BCUT2D eigenvalue weighted by Gasteiger charge is 2.44. The van der Waals surface area contributed by atoms with E-state index in [1.54, 1.807) is 13.0 Å². The number of rotatable bonds is 3. The number of para-hydroxylation sites is 1. The van der Waals surface area contributed by atoms with Crippen LogP contribution in [0.2, 0.25) is 0 Å². The molecule has 1 amide bonds. The van der Waals surface area contributed by atoms with Crippen LogP contribution in [0.5, 0.6) is 0 Å². The summed E-state index contributed by atoms with van der Waals surface area (Å²) in [5.41, 5.74) is 0.173. The molecule has 0 bridgehead atoms. The van der Waals surface area contributed by atoms with Crippen LogP contribution in [0.4, 0.5) is 0 Å². The molecule has 2 N–H and O–H groups in total. The standard InChI is InChI=1S/C15H15NO4S/c1-9-10-4-2-3-5-11(10)20-12(9)13(17)16-15(14(18)19)6-7-21-8-15/h2-5H,6-8H2,1H3,(H,16,17)(H,18,19). The number of nitrogens with one attached hydrogen (secondary N) is 1. The molecule has 5 nitrogen and oxygen atoms in total. The second kappa shape index (κ2) is 5.11. The molecule has 0 saturated carbocycles. The second-order valence-corrected chi connectivity index (χ2v) is 6.30. The van der Waals surface area contributed by atoms with Crippen LogP contribution in [-0.2, 0) is 4.79 Å². The molecule has 6 heteroatoms. The maximum absolute atomic E-state index is 12.4. The van der Waals surface area contributed by atoms with Gasteiger partial charge in [-0.05, 0) is 25.2 Å². The third kappa shape index (κ3) is 2.29.